The van der Waals surface area contributed by atoms with E-state index < -0.39 is 36.4 Å². The Bertz CT molecular complexity index is 415. The number of carbonyl (C=O) groups is 1. The van der Waals surface area contributed by atoms with Crippen molar-refractivity contribution in [2.75, 3.05) is 13.1 Å². The van der Waals surface area contributed by atoms with Crippen LogP contribution in [0, 0.1) is 11.3 Å². The zero-order valence-corrected chi connectivity index (χ0v) is 12.9. The first kappa shape index (κ1) is 17.6. The maximum absolute atomic E-state index is 14.1. The Labute approximate surface area is 123 Å². The van der Waals surface area contributed by atoms with E-state index in [1.54, 1.807) is 27.7 Å². The molecule has 1 fully saturated rings. The summed E-state index contributed by atoms with van der Waals surface area (Å²) in [6.07, 6.45) is -2.51. The van der Waals surface area contributed by atoms with Crippen molar-refractivity contribution < 1.29 is 23.0 Å². The van der Waals surface area contributed by atoms with Crippen molar-refractivity contribution in [3.8, 4) is 6.07 Å². The number of amides is 1. The molecule has 0 aromatic carbocycles. The van der Waals surface area contributed by atoms with Gasteiger partial charge >= 0.3 is 6.09 Å². The number of ether oxygens (including phenoxy) is 2. The fourth-order valence-electron chi connectivity index (χ4n) is 2.03. The first-order valence-corrected chi connectivity index (χ1v) is 6.93. The number of piperidine rings is 1. The number of nitrogens with zero attached hydrogens (tertiary/aromatic N) is 2. The number of carbonyl (C=O) groups excluding carboxylic acids is 1. The molecule has 1 aliphatic rings. The molecule has 0 aliphatic carbocycles. The second-order valence-electron chi connectivity index (χ2n) is 6.25. The van der Waals surface area contributed by atoms with Gasteiger partial charge in [-0.15, -0.1) is 0 Å². The van der Waals surface area contributed by atoms with Crippen molar-refractivity contribution in [3.63, 3.8) is 0 Å². The number of hydrogen-bond acceptors (Lipinski definition) is 4. The Morgan fingerprint density at radius 2 is 2.14 bits per heavy atom. The summed E-state index contributed by atoms with van der Waals surface area (Å²) in [5, 5.41) is 8.53. The summed E-state index contributed by atoms with van der Waals surface area (Å²) in [5.41, 5.74) is -0.721. The summed E-state index contributed by atoms with van der Waals surface area (Å²) in [6.45, 7) is 6.05. The lowest BCUT2D eigenvalue weighted by Crippen LogP contribution is -2.55. The molecule has 1 saturated heterocycles. The number of rotatable bonds is 3. The van der Waals surface area contributed by atoms with Crippen molar-refractivity contribution in [3.05, 3.63) is 0 Å². The molecule has 0 spiro atoms. The number of halogens is 2. The average Bonchev–Trinajstić information content (AvgIpc) is 2.29. The van der Waals surface area contributed by atoms with E-state index in [2.05, 4.69) is 0 Å². The lowest BCUT2D eigenvalue weighted by Gasteiger charge is -2.39. The summed E-state index contributed by atoms with van der Waals surface area (Å²) < 4.78 is 38.4. The molecule has 7 heteroatoms. The molecule has 1 heterocycles. The third-order valence-electron chi connectivity index (χ3n) is 2.96. The highest BCUT2D eigenvalue weighted by molar-refractivity contribution is 5.68. The lowest BCUT2D eigenvalue weighted by molar-refractivity contribution is -0.184. The van der Waals surface area contributed by atoms with E-state index in [-0.39, 0.29) is 19.4 Å². The molecule has 1 rings (SSSR count). The number of nitriles is 1. The summed E-state index contributed by atoms with van der Waals surface area (Å²) >= 11 is 0. The van der Waals surface area contributed by atoms with Crippen LogP contribution in [0.4, 0.5) is 13.6 Å². The van der Waals surface area contributed by atoms with Crippen LogP contribution in [0.3, 0.4) is 0 Å². The summed E-state index contributed by atoms with van der Waals surface area (Å²) in [5.74, 6) is -3.15. The highest BCUT2D eigenvalue weighted by Crippen LogP contribution is 2.31. The molecule has 0 bridgehead atoms. The van der Waals surface area contributed by atoms with E-state index in [4.69, 9.17) is 14.7 Å². The van der Waals surface area contributed by atoms with Gasteiger partial charge in [-0.1, -0.05) is 0 Å². The minimum atomic E-state index is -3.15. The SMILES string of the molecule is CC(CC#N)OC1CCN(C(=O)OC(C)(C)C)CC1(F)F. The largest absolute Gasteiger partial charge is 0.444 e. The molecule has 0 aromatic rings. The normalized spacial score (nSPS) is 23.3. The van der Waals surface area contributed by atoms with Gasteiger partial charge in [0.1, 0.15) is 11.7 Å². The summed E-state index contributed by atoms with van der Waals surface area (Å²) in [4.78, 5) is 12.8. The smallest absolute Gasteiger partial charge is 0.410 e. The summed E-state index contributed by atoms with van der Waals surface area (Å²) in [6, 6.07) is 1.88. The molecule has 0 N–H and O–H groups in total. The van der Waals surface area contributed by atoms with Gasteiger partial charge in [-0.05, 0) is 34.1 Å². The quantitative estimate of drug-likeness (QED) is 0.804. The first-order chi connectivity index (χ1) is 9.55. The van der Waals surface area contributed by atoms with Gasteiger partial charge in [0.15, 0.2) is 0 Å². The second kappa shape index (κ2) is 6.56. The monoisotopic (exact) mass is 304 g/mol. The Balaban J connectivity index is 2.62. The molecular formula is C14H22F2N2O3. The zero-order valence-electron chi connectivity index (χ0n) is 12.9. The topological polar surface area (TPSA) is 62.6 Å². The van der Waals surface area contributed by atoms with Crippen LogP contribution in [0.5, 0.6) is 0 Å². The van der Waals surface area contributed by atoms with Crippen LogP contribution in [0.1, 0.15) is 40.5 Å². The molecular weight excluding hydrogens is 282 g/mol. The number of hydrogen-bond donors (Lipinski definition) is 0. The molecule has 0 aromatic heterocycles. The average molecular weight is 304 g/mol. The Kier molecular flexibility index (Phi) is 5.51. The van der Waals surface area contributed by atoms with E-state index in [1.807, 2.05) is 6.07 Å². The minimum absolute atomic E-state index is 0.0159. The van der Waals surface area contributed by atoms with Crippen molar-refractivity contribution in [1.82, 2.24) is 4.90 Å². The molecule has 2 atom stereocenters. The molecule has 5 nitrogen and oxygen atoms in total. The second-order valence-corrected chi connectivity index (χ2v) is 6.25. The van der Waals surface area contributed by atoms with Crippen LogP contribution in [-0.4, -0.2) is 47.8 Å². The van der Waals surface area contributed by atoms with Crippen LogP contribution < -0.4 is 0 Å². The Morgan fingerprint density at radius 3 is 2.62 bits per heavy atom. The molecule has 0 saturated carbocycles. The lowest BCUT2D eigenvalue weighted by atomic mass is 10.0. The Morgan fingerprint density at radius 1 is 1.52 bits per heavy atom. The highest BCUT2D eigenvalue weighted by Gasteiger charge is 2.48. The fraction of sp³-hybridized carbons (Fsp3) is 0.857. The maximum atomic E-state index is 14.1. The van der Waals surface area contributed by atoms with Gasteiger partial charge in [0.25, 0.3) is 5.92 Å². The summed E-state index contributed by atoms with van der Waals surface area (Å²) in [7, 11) is 0. The van der Waals surface area contributed by atoms with Crippen LogP contribution in [0.25, 0.3) is 0 Å². The maximum Gasteiger partial charge on any atom is 0.410 e. The van der Waals surface area contributed by atoms with E-state index in [1.165, 1.54) is 0 Å². The van der Waals surface area contributed by atoms with Crippen molar-refractivity contribution in [2.24, 2.45) is 0 Å². The predicted octanol–water partition coefficient (Wildman–Crippen LogP) is 2.95. The molecule has 1 aliphatic heterocycles. The predicted molar refractivity (Wildman–Crippen MR) is 71.9 cm³/mol. The van der Waals surface area contributed by atoms with E-state index in [0.29, 0.717) is 0 Å². The van der Waals surface area contributed by atoms with Gasteiger partial charge in [-0.3, -0.25) is 0 Å². The molecule has 2 unspecified atom stereocenters. The highest BCUT2D eigenvalue weighted by atomic mass is 19.3. The van der Waals surface area contributed by atoms with E-state index >= 15 is 0 Å². The first-order valence-electron chi connectivity index (χ1n) is 6.93. The van der Waals surface area contributed by atoms with Gasteiger partial charge in [-0.2, -0.15) is 5.26 Å². The van der Waals surface area contributed by atoms with Crippen molar-refractivity contribution in [2.45, 2.75) is 64.3 Å². The van der Waals surface area contributed by atoms with E-state index in [0.717, 1.165) is 4.90 Å². The third-order valence-corrected chi connectivity index (χ3v) is 2.96. The van der Waals surface area contributed by atoms with Gasteiger partial charge in [-0.25, -0.2) is 13.6 Å². The molecule has 1 amide bonds. The number of likely N-dealkylation sites (tertiary alicyclic amines) is 1. The van der Waals surface area contributed by atoms with Gasteiger partial charge in [0, 0.05) is 6.54 Å². The molecule has 0 radical (unpaired) electrons. The third kappa shape index (κ3) is 5.46. The zero-order chi connectivity index (χ0) is 16.3. The fourth-order valence-corrected chi connectivity index (χ4v) is 2.03. The van der Waals surface area contributed by atoms with Crippen LogP contribution in [0.2, 0.25) is 0 Å². The van der Waals surface area contributed by atoms with Crippen molar-refractivity contribution in [1.29, 1.82) is 5.26 Å². The molecule has 120 valence electrons. The standard InChI is InChI=1S/C14H22F2N2O3/c1-10(5-7-17)20-11-6-8-18(9-14(11,15)16)12(19)21-13(2,3)4/h10-11H,5-6,8-9H2,1-4H3. The van der Waals surface area contributed by atoms with Crippen LogP contribution in [-0.2, 0) is 9.47 Å². The Hall–Kier alpha value is -1.42. The molecule has 21 heavy (non-hydrogen) atoms. The minimum Gasteiger partial charge on any atom is -0.444 e. The van der Waals surface area contributed by atoms with Gasteiger partial charge < -0.3 is 14.4 Å². The number of alkyl halides is 2. The van der Waals surface area contributed by atoms with Crippen LogP contribution >= 0.6 is 0 Å². The van der Waals surface area contributed by atoms with Gasteiger partial charge in [0.05, 0.1) is 25.1 Å². The van der Waals surface area contributed by atoms with Crippen LogP contribution in [0.15, 0.2) is 0 Å². The van der Waals surface area contributed by atoms with E-state index in [9.17, 15) is 13.6 Å². The van der Waals surface area contributed by atoms with Crippen molar-refractivity contribution >= 4 is 6.09 Å². The van der Waals surface area contributed by atoms with Gasteiger partial charge in [0.2, 0.25) is 0 Å².